The van der Waals surface area contributed by atoms with Crippen LogP contribution in [0.3, 0.4) is 0 Å². The van der Waals surface area contributed by atoms with Gasteiger partial charge in [0.2, 0.25) is 0 Å². The van der Waals surface area contributed by atoms with Crippen molar-refractivity contribution >= 4 is 5.84 Å². The van der Waals surface area contributed by atoms with E-state index in [9.17, 15) is 13.2 Å². The van der Waals surface area contributed by atoms with Crippen LogP contribution in [0.25, 0.3) is 0 Å². The van der Waals surface area contributed by atoms with E-state index in [1.165, 1.54) is 4.90 Å². The molecule has 0 fully saturated rings. The molecule has 0 aromatic carbocycles. The monoisotopic (exact) mass is 281 g/mol. The topological polar surface area (TPSA) is 53.1 Å². The standard InChI is InChI=1S/C13H26F3N3/c1-10(2)19(9-13(14,15)16)8-6-5-7-12(3,4)11(17)18/h10H,5-9H2,1-4H3,(H3,17,18). The number of amidine groups is 1. The van der Waals surface area contributed by atoms with Crippen LogP contribution in [0.1, 0.15) is 47.0 Å². The summed E-state index contributed by atoms with van der Waals surface area (Å²) in [5, 5.41) is 7.42. The molecule has 0 aromatic rings. The molecule has 0 saturated heterocycles. The van der Waals surface area contributed by atoms with Crippen molar-refractivity contribution in [3.8, 4) is 0 Å². The third kappa shape index (κ3) is 8.08. The minimum absolute atomic E-state index is 0.123. The molecule has 0 atom stereocenters. The molecule has 114 valence electrons. The van der Waals surface area contributed by atoms with E-state index >= 15 is 0 Å². The quantitative estimate of drug-likeness (QED) is 0.407. The molecule has 3 N–H and O–H groups in total. The predicted octanol–water partition coefficient (Wildman–Crippen LogP) is 3.39. The first-order chi connectivity index (χ1) is 8.46. The summed E-state index contributed by atoms with van der Waals surface area (Å²) in [6, 6.07) is -0.123. The van der Waals surface area contributed by atoms with Crippen molar-refractivity contribution in [3.63, 3.8) is 0 Å². The maximum Gasteiger partial charge on any atom is 0.401 e. The average molecular weight is 281 g/mol. The molecular weight excluding hydrogens is 255 g/mol. The zero-order valence-corrected chi connectivity index (χ0v) is 12.3. The van der Waals surface area contributed by atoms with Gasteiger partial charge in [0, 0.05) is 11.5 Å². The molecule has 0 spiro atoms. The van der Waals surface area contributed by atoms with E-state index in [-0.39, 0.29) is 17.3 Å². The Labute approximate surface area is 113 Å². The molecule has 0 aromatic heterocycles. The molecule has 0 amide bonds. The van der Waals surface area contributed by atoms with E-state index in [0.717, 1.165) is 12.8 Å². The summed E-state index contributed by atoms with van der Waals surface area (Å²) in [7, 11) is 0. The van der Waals surface area contributed by atoms with Gasteiger partial charge in [-0.3, -0.25) is 10.3 Å². The van der Waals surface area contributed by atoms with Gasteiger partial charge in [-0.15, -0.1) is 0 Å². The number of nitrogens with two attached hydrogens (primary N) is 1. The number of alkyl halides is 3. The fourth-order valence-corrected chi connectivity index (χ4v) is 1.77. The normalized spacial score (nSPS) is 13.3. The van der Waals surface area contributed by atoms with Crippen LogP contribution in [-0.2, 0) is 0 Å². The lowest BCUT2D eigenvalue weighted by atomic mass is 9.86. The Bertz CT molecular complexity index is 285. The zero-order valence-electron chi connectivity index (χ0n) is 12.3. The molecule has 6 heteroatoms. The second-order valence-corrected chi connectivity index (χ2v) is 5.93. The Morgan fingerprint density at radius 1 is 1.21 bits per heavy atom. The van der Waals surface area contributed by atoms with Gasteiger partial charge >= 0.3 is 6.18 Å². The van der Waals surface area contributed by atoms with Crippen LogP contribution in [0.5, 0.6) is 0 Å². The van der Waals surface area contributed by atoms with Gasteiger partial charge in [-0.25, -0.2) is 0 Å². The van der Waals surface area contributed by atoms with Crippen LogP contribution in [0.2, 0.25) is 0 Å². The van der Waals surface area contributed by atoms with E-state index in [1.807, 2.05) is 13.8 Å². The van der Waals surface area contributed by atoms with E-state index in [2.05, 4.69) is 0 Å². The summed E-state index contributed by atoms with van der Waals surface area (Å²) in [6.07, 6.45) is -1.97. The molecule has 0 bridgehead atoms. The number of halogens is 3. The molecule has 0 aliphatic carbocycles. The summed E-state index contributed by atoms with van der Waals surface area (Å²) >= 11 is 0. The Morgan fingerprint density at radius 3 is 2.11 bits per heavy atom. The van der Waals surface area contributed by atoms with Crippen LogP contribution in [-0.4, -0.2) is 36.0 Å². The number of nitrogens with one attached hydrogen (secondary N) is 1. The van der Waals surface area contributed by atoms with Gasteiger partial charge in [-0.05, 0) is 33.2 Å². The minimum Gasteiger partial charge on any atom is -0.387 e. The largest absolute Gasteiger partial charge is 0.401 e. The molecule has 0 rings (SSSR count). The predicted molar refractivity (Wildman–Crippen MR) is 72.3 cm³/mol. The highest BCUT2D eigenvalue weighted by Crippen LogP contribution is 2.23. The number of nitrogens with zero attached hydrogens (tertiary/aromatic N) is 1. The van der Waals surface area contributed by atoms with Gasteiger partial charge in [0.1, 0.15) is 0 Å². The van der Waals surface area contributed by atoms with E-state index in [0.29, 0.717) is 13.0 Å². The smallest absolute Gasteiger partial charge is 0.387 e. The van der Waals surface area contributed by atoms with Crippen molar-refractivity contribution in [1.82, 2.24) is 4.90 Å². The van der Waals surface area contributed by atoms with Gasteiger partial charge in [-0.2, -0.15) is 13.2 Å². The molecule has 0 radical (unpaired) electrons. The van der Waals surface area contributed by atoms with Gasteiger partial charge in [0.25, 0.3) is 0 Å². The SMILES string of the molecule is CC(C)N(CCCCC(C)(C)C(=N)N)CC(F)(F)F. The number of rotatable bonds is 8. The number of hydrogen-bond donors (Lipinski definition) is 2. The van der Waals surface area contributed by atoms with Crippen LogP contribution in [0.15, 0.2) is 0 Å². The van der Waals surface area contributed by atoms with Crippen molar-refractivity contribution in [1.29, 1.82) is 5.41 Å². The molecule has 0 heterocycles. The van der Waals surface area contributed by atoms with Crippen molar-refractivity contribution in [2.75, 3.05) is 13.1 Å². The lowest BCUT2D eigenvalue weighted by molar-refractivity contribution is -0.149. The third-order valence-corrected chi connectivity index (χ3v) is 3.34. The number of unbranched alkanes of at least 4 members (excludes halogenated alkanes) is 1. The fraction of sp³-hybridized carbons (Fsp3) is 0.923. The first kappa shape index (κ1) is 18.2. The highest BCUT2D eigenvalue weighted by molar-refractivity contribution is 5.82. The van der Waals surface area contributed by atoms with Crippen LogP contribution in [0.4, 0.5) is 13.2 Å². The first-order valence-corrected chi connectivity index (χ1v) is 6.61. The summed E-state index contributed by atoms with van der Waals surface area (Å²) in [5.41, 5.74) is 5.10. The van der Waals surface area contributed by atoms with E-state index < -0.39 is 12.7 Å². The second kappa shape index (κ2) is 7.12. The lowest BCUT2D eigenvalue weighted by Crippen LogP contribution is -2.39. The Morgan fingerprint density at radius 2 is 1.74 bits per heavy atom. The molecule has 0 aliphatic heterocycles. The summed E-state index contributed by atoms with van der Waals surface area (Å²) in [6.45, 7) is 6.86. The molecule has 0 saturated carbocycles. The summed E-state index contributed by atoms with van der Waals surface area (Å²) in [5.74, 6) is 0.128. The molecule has 19 heavy (non-hydrogen) atoms. The van der Waals surface area contributed by atoms with Crippen LogP contribution < -0.4 is 5.73 Å². The molecule has 0 aliphatic rings. The van der Waals surface area contributed by atoms with E-state index in [1.54, 1.807) is 13.8 Å². The maximum absolute atomic E-state index is 12.4. The Hall–Kier alpha value is -0.780. The van der Waals surface area contributed by atoms with E-state index in [4.69, 9.17) is 11.1 Å². The Balaban J connectivity index is 4.12. The molecular formula is C13H26F3N3. The summed E-state index contributed by atoms with van der Waals surface area (Å²) < 4.78 is 37.2. The van der Waals surface area contributed by atoms with Crippen molar-refractivity contribution in [2.24, 2.45) is 11.1 Å². The third-order valence-electron chi connectivity index (χ3n) is 3.34. The molecule has 3 nitrogen and oxygen atoms in total. The van der Waals surface area contributed by atoms with Crippen molar-refractivity contribution < 1.29 is 13.2 Å². The number of hydrogen-bond acceptors (Lipinski definition) is 2. The van der Waals surface area contributed by atoms with Crippen molar-refractivity contribution in [3.05, 3.63) is 0 Å². The average Bonchev–Trinajstić information content (AvgIpc) is 2.20. The highest BCUT2D eigenvalue weighted by Gasteiger charge is 2.31. The van der Waals surface area contributed by atoms with Gasteiger partial charge in [0.05, 0.1) is 12.4 Å². The van der Waals surface area contributed by atoms with Gasteiger partial charge in [-0.1, -0.05) is 20.3 Å². The Kier molecular flexibility index (Phi) is 6.83. The zero-order chi connectivity index (χ0) is 15.3. The highest BCUT2D eigenvalue weighted by atomic mass is 19.4. The van der Waals surface area contributed by atoms with Crippen molar-refractivity contribution in [2.45, 2.75) is 59.2 Å². The maximum atomic E-state index is 12.4. The fourth-order valence-electron chi connectivity index (χ4n) is 1.77. The molecule has 0 unspecified atom stereocenters. The minimum atomic E-state index is -4.15. The van der Waals surface area contributed by atoms with Gasteiger partial charge < -0.3 is 5.73 Å². The second-order valence-electron chi connectivity index (χ2n) is 5.93. The van der Waals surface area contributed by atoms with Gasteiger partial charge in [0.15, 0.2) is 0 Å². The summed E-state index contributed by atoms with van der Waals surface area (Å²) in [4.78, 5) is 1.43. The first-order valence-electron chi connectivity index (χ1n) is 6.61. The van der Waals surface area contributed by atoms with Crippen LogP contribution >= 0.6 is 0 Å². The lowest BCUT2D eigenvalue weighted by Gasteiger charge is -2.28. The van der Waals surface area contributed by atoms with Crippen LogP contribution in [0, 0.1) is 10.8 Å².